The molecule has 2 rings (SSSR count). The van der Waals surface area contributed by atoms with E-state index in [0.29, 0.717) is 6.42 Å². The fraction of sp³-hybridized carbons (Fsp3) is 0.133. The lowest BCUT2D eigenvalue weighted by atomic mass is 10.0. The second-order valence-corrected chi connectivity index (χ2v) is 4.38. The average molecular weight is 255 g/mol. The van der Waals surface area contributed by atoms with Gasteiger partial charge >= 0.3 is 0 Å². The SMILES string of the molecule is NNC(=O)C(N)Cc1ccc(-c2ccccc2)cc1. The fourth-order valence-corrected chi connectivity index (χ4v) is 1.92. The summed E-state index contributed by atoms with van der Waals surface area (Å²) in [5.74, 6) is 4.69. The van der Waals surface area contributed by atoms with E-state index in [4.69, 9.17) is 11.6 Å². The number of hydrazine groups is 1. The smallest absolute Gasteiger partial charge is 0.251 e. The van der Waals surface area contributed by atoms with Gasteiger partial charge in [-0.1, -0.05) is 54.6 Å². The minimum absolute atomic E-state index is 0.355. The first-order valence-corrected chi connectivity index (χ1v) is 6.11. The number of carbonyl (C=O) groups is 1. The molecule has 1 atom stereocenters. The van der Waals surface area contributed by atoms with Gasteiger partial charge in [0.05, 0.1) is 6.04 Å². The minimum atomic E-state index is -0.618. The molecule has 4 heteroatoms. The molecule has 0 heterocycles. The van der Waals surface area contributed by atoms with Crippen molar-refractivity contribution >= 4 is 5.91 Å². The summed E-state index contributed by atoms with van der Waals surface area (Å²) in [7, 11) is 0. The van der Waals surface area contributed by atoms with E-state index in [1.165, 1.54) is 0 Å². The maximum Gasteiger partial charge on any atom is 0.251 e. The lowest BCUT2D eigenvalue weighted by molar-refractivity contribution is -0.122. The van der Waals surface area contributed by atoms with E-state index < -0.39 is 6.04 Å². The van der Waals surface area contributed by atoms with Crippen molar-refractivity contribution in [3.63, 3.8) is 0 Å². The lowest BCUT2D eigenvalue weighted by Crippen LogP contribution is -2.45. The molecule has 0 aliphatic rings. The Balaban J connectivity index is 2.09. The summed E-state index contributed by atoms with van der Waals surface area (Å²) in [5, 5.41) is 0. The van der Waals surface area contributed by atoms with Gasteiger partial charge in [-0.15, -0.1) is 0 Å². The normalized spacial score (nSPS) is 11.9. The van der Waals surface area contributed by atoms with Gasteiger partial charge in [0.2, 0.25) is 0 Å². The Kier molecular flexibility index (Phi) is 4.28. The van der Waals surface area contributed by atoms with Crippen molar-refractivity contribution in [2.24, 2.45) is 11.6 Å². The van der Waals surface area contributed by atoms with Crippen molar-refractivity contribution in [3.05, 3.63) is 60.2 Å². The standard InChI is InChI=1S/C15H17N3O/c16-14(15(19)18-17)10-11-6-8-13(9-7-11)12-4-2-1-3-5-12/h1-9,14H,10,16-17H2,(H,18,19). The number of hydrogen-bond acceptors (Lipinski definition) is 3. The number of nitrogens with two attached hydrogens (primary N) is 2. The maximum absolute atomic E-state index is 11.2. The highest BCUT2D eigenvalue weighted by Gasteiger charge is 2.12. The molecule has 1 unspecified atom stereocenters. The molecule has 0 spiro atoms. The second kappa shape index (κ2) is 6.13. The van der Waals surface area contributed by atoms with Crippen LogP contribution in [0.2, 0.25) is 0 Å². The van der Waals surface area contributed by atoms with Crippen LogP contribution in [0.1, 0.15) is 5.56 Å². The lowest BCUT2D eigenvalue weighted by Gasteiger charge is -2.10. The third-order valence-corrected chi connectivity index (χ3v) is 3.00. The zero-order valence-electron chi connectivity index (χ0n) is 10.5. The van der Waals surface area contributed by atoms with Crippen LogP contribution >= 0.6 is 0 Å². The number of nitrogens with one attached hydrogen (secondary N) is 1. The minimum Gasteiger partial charge on any atom is -0.320 e. The third-order valence-electron chi connectivity index (χ3n) is 3.00. The Morgan fingerprint density at radius 1 is 1.00 bits per heavy atom. The molecule has 4 nitrogen and oxygen atoms in total. The summed E-state index contributed by atoms with van der Waals surface area (Å²) in [4.78, 5) is 11.2. The summed E-state index contributed by atoms with van der Waals surface area (Å²) in [6.45, 7) is 0. The highest BCUT2D eigenvalue weighted by atomic mass is 16.2. The van der Waals surface area contributed by atoms with Crippen molar-refractivity contribution in [3.8, 4) is 11.1 Å². The second-order valence-electron chi connectivity index (χ2n) is 4.38. The van der Waals surface area contributed by atoms with Gasteiger partial charge in [0.15, 0.2) is 0 Å². The average Bonchev–Trinajstić information content (AvgIpc) is 2.48. The molecule has 2 aromatic carbocycles. The van der Waals surface area contributed by atoms with Crippen molar-refractivity contribution in [1.29, 1.82) is 0 Å². The van der Waals surface area contributed by atoms with Gasteiger partial charge in [-0.25, -0.2) is 5.84 Å². The summed E-state index contributed by atoms with van der Waals surface area (Å²) in [5.41, 5.74) is 11.1. The third kappa shape index (κ3) is 3.40. The number of rotatable bonds is 4. The van der Waals surface area contributed by atoms with Crippen LogP contribution in [0, 0.1) is 0 Å². The molecule has 2 aromatic rings. The molecule has 19 heavy (non-hydrogen) atoms. The first-order valence-electron chi connectivity index (χ1n) is 6.11. The highest BCUT2D eigenvalue weighted by molar-refractivity contribution is 5.81. The summed E-state index contributed by atoms with van der Waals surface area (Å²) in [6, 6.07) is 17.5. The molecule has 0 fully saturated rings. The Morgan fingerprint density at radius 3 is 2.16 bits per heavy atom. The Morgan fingerprint density at radius 2 is 1.58 bits per heavy atom. The first-order chi connectivity index (χ1) is 9.20. The summed E-state index contributed by atoms with van der Waals surface area (Å²) < 4.78 is 0. The largest absolute Gasteiger partial charge is 0.320 e. The van der Waals surface area contributed by atoms with Gasteiger partial charge in [0.1, 0.15) is 0 Å². The van der Waals surface area contributed by atoms with Gasteiger partial charge < -0.3 is 5.73 Å². The van der Waals surface area contributed by atoms with Crippen LogP contribution < -0.4 is 17.0 Å². The van der Waals surface area contributed by atoms with E-state index in [-0.39, 0.29) is 5.91 Å². The molecular weight excluding hydrogens is 238 g/mol. The van der Waals surface area contributed by atoms with Gasteiger partial charge in [-0.2, -0.15) is 0 Å². The molecule has 5 N–H and O–H groups in total. The monoisotopic (exact) mass is 255 g/mol. The molecule has 98 valence electrons. The Labute approximate surface area is 112 Å². The molecular formula is C15H17N3O. The van der Waals surface area contributed by atoms with Gasteiger partial charge in [-0.05, 0) is 23.1 Å². The molecule has 0 aromatic heterocycles. The molecule has 0 aliphatic heterocycles. The zero-order chi connectivity index (χ0) is 13.7. The first kappa shape index (κ1) is 13.3. The maximum atomic E-state index is 11.2. The zero-order valence-corrected chi connectivity index (χ0v) is 10.5. The summed E-state index contributed by atoms with van der Waals surface area (Å²) in [6.07, 6.45) is 0.470. The van der Waals surface area contributed by atoms with Crippen LogP contribution in [0.25, 0.3) is 11.1 Å². The van der Waals surface area contributed by atoms with Gasteiger partial charge in [-0.3, -0.25) is 10.2 Å². The number of carbonyl (C=O) groups excluding carboxylic acids is 1. The molecule has 0 saturated heterocycles. The van der Waals surface area contributed by atoms with Crippen molar-refractivity contribution in [1.82, 2.24) is 5.43 Å². The van der Waals surface area contributed by atoms with Crippen LogP contribution in [0.4, 0.5) is 0 Å². The van der Waals surface area contributed by atoms with Crippen LogP contribution in [-0.4, -0.2) is 11.9 Å². The van der Waals surface area contributed by atoms with E-state index in [2.05, 4.69) is 17.6 Å². The molecule has 0 bridgehead atoms. The van der Waals surface area contributed by atoms with Crippen LogP contribution in [0.5, 0.6) is 0 Å². The van der Waals surface area contributed by atoms with Crippen LogP contribution in [0.15, 0.2) is 54.6 Å². The highest BCUT2D eigenvalue weighted by Crippen LogP contribution is 2.19. The molecule has 0 radical (unpaired) electrons. The predicted octanol–water partition coefficient (Wildman–Crippen LogP) is 1.21. The number of amides is 1. The molecule has 0 saturated carbocycles. The predicted molar refractivity (Wildman–Crippen MR) is 75.9 cm³/mol. The quantitative estimate of drug-likeness (QED) is 0.436. The number of benzene rings is 2. The Hall–Kier alpha value is -2.17. The molecule has 1 amide bonds. The van der Waals surface area contributed by atoms with Gasteiger partial charge in [0.25, 0.3) is 5.91 Å². The van der Waals surface area contributed by atoms with Crippen molar-refractivity contribution in [2.75, 3.05) is 0 Å². The van der Waals surface area contributed by atoms with E-state index in [0.717, 1.165) is 16.7 Å². The van der Waals surface area contributed by atoms with E-state index in [1.807, 2.05) is 42.5 Å². The Bertz CT molecular complexity index is 537. The number of hydrogen-bond donors (Lipinski definition) is 3. The van der Waals surface area contributed by atoms with Gasteiger partial charge in [0, 0.05) is 0 Å². The van der Waals surface area contributed by atoms with E-state index in [9.17, 15) is 4.79 Å². The summed E-state index contributed by atoms with van der Waals surface area (Å²) >= 11 is 0. The van der Waals surface area contributed by atoms with Crippen LogP contribution in [-0.2, 0) is 11.2 Å². The fourth-order valence-electron chi connectivity index (χ4n) is 1.92. The molecule has 0 aliphatic carbocycles. The van der Waals surface area contributed by atoms with Crippen molar-refractivity contribution in [2.45, 2.75) is 12.5 Å². The van der Waals surface area contributed by atoms with E-state index in [1.54, 1.807) is 0 Å². The topological polar surface area (TPSA) is 81.1 Å². The van der Waals surface area contributed by atoms with Crippen molar-refractivity contribution < 1.29 is 4.79 Å². The van der Waals surface area contributed by atoms with E-state index >= 15 is 0 Å². The van der Waals surface area contributed by atoms with Crippen LogP contribution in [0.3, 0.4) is 0 Å².